The molecule has 1 aromatic rings. The molecule has 0 aliphatic carbocycles. The van der Waals surface area contributed by atoms with Gasteiger partial charge >= 0.3 is 0 Å². The summed E-state index contributed by atoms with van der Waals surface area (Å²) in [7, 11) is 0. The second-order valence-electron chi connectivity index (χ2n) is 3.33. The van der Waals surface area contributed by atoms with Crippen LogP contribution in [-0.2, 0) is 0 Å². The van der Waals surface area contributed by atoms with Crippen molar-refractivity contribution in [2.75, 3.05) is 0 Å². The molecule has 0 amide bonds. The third-order valence-corrected chi connectivity index (χ3v) is 2.45. The van der Waals surface area contributed by atoms with Crippen LogP contribution >= 0.6 is 11.6 Å². The minimum atomic E-state index is -2.57. The maximum atomic E-state index is 13.6. The Bertz CT molecular complexity index is 355. The van der Waals surface area contributed by atoms with Crippen LogP contribution in [0.15, 0.2) is 12.1 Å². The number of hydrogen-bond acceptors (Lipinski definition) is 1. The molecule has 1 nitrogen and oxygen atoms in total. The van der Waals surface area contributed by atoms with Gasteiger partial charge in [0.1, 0.15) is 5.82 Å². The predicted molar refractivity (Wildman–Crippen MR) is 53.7 cm³/mol. The molecular weight excluding hydrogens is 227 g/mol. The Morgan fingerprint density at radius 2 is 2.00 bits per heavy atom. The van der Waals surface area contributed by atoms with Crippen LogP contribution < -0.4 is 5.73 Å². The highest BCUT2D eigenvalue weighted by atomic mass is 35.5. The fraction of sp³-hybridized carbons (Fsp3) is 0.400. The number of nitrogens with two attached hydrogens (primary N) is 1. The smallest absolute Gasteiger partial charge is 0.240 e. The van der Waals surface area contributed by atoms with Crippen molar-refractivity contribution < 1.29 is 13.2 Å². The Morgan fingerprint density at radius 3 is 2.53 bits per heavy atom. The van der Waals surface area contributed by atoms with Crippen LogP contribution in [0.25, 0.3) is 0 Å². The summed E-state index contributed by atoms with van der Waals surface area (Å²) in [5, 5.41) is 0.0891. The molecule has 0 bridgehead atoms. The maximum absolute atomic E-state index is 13.6. The monoisotopic (exact) mass is 237 g/mol. The Morgan fingerprint density at radius 1 is 1.40 bits per heavy atom. The highest BCUT2D eigenvalue weighted by Gasteiger charge is 2.20. The van der Waals surface area contributed by atoms with Gasteiger partial charge in [-0.15, -0.1) is 0 Å². The molecule has 2 N–H and O–H groups in total. The second kappa shape index (κ2) is 4.86. The summed E-state index contributed by atoms with van der Waals surface area (Å²) in [6.45, 7) is 1.53. The van der Waals surface area contributed by atoms with E-state index in [1.165, 1.54) is 19.1 Å². The molecule has 0 aliphatic rings. The average Bonchev–Trinajstić information content (AvgIpc) is 2.11. The zero-order valence-corrected chi connectivity index (χ0v) is 8.86. The van der Waals surface area contributed by atoms with Crippen molar-refractivity contribution in [2.45, 2.75) is 25.8 Å². The number of benzene rings is 1. The van der Waals surface area contributed by atoms with E-state index in [-0.39, 0.29) is 10.6 Å². The fourth-order valence-corrected chi connectivity index (χ4v) is 1.61. The molecule has 5 heteroatoms. The molecule has 1 atom stereocenters. The zero-order chi connectivity index (χ0) is 11.6. The predicted octanol–water partition coefficient (Wildman–Crippen LogP) is 3.44. The van der Waals surface area contributed by atoms with E-state index >= 15 is 0 Å². The Hall–Kier alpha value is -0.740. The Balaban J connectivity index is 3.07. The van der Waals surface area contributed by atoms with Crippen LogP contribution in [0.4, 0.5) is 13.2 Å². The topological polar surface area (TPSA) is 26.0 Å². The fourth-order valence-electron chi connectivity index (χ4n) is 1.33. The van der Waals surface area contributed by atoms with Crippen LogP contribution in [0.1, 0.15) is 23.6 Å². The van der Waals surface area contributed by atoms with Crippen molar-refractivity contribution in [1.82, 2.24) is 0 Å². The molecule has 0 aromatic heterocycles. The quantitative estimate of drug-likeness (QED) is 0.856. The molecule has 0 saturated carbocycles. The van der Waals surface area contributed by atoms with E-state index < -0.39 is 24.7 Å². The van der Waals surface area contributed by atoms with Crippen molar-refractivity contribution in [3.05, 3.63) is 34.1 Å². The van der Waals surface area contributed by atoms with Gasteiger partial charge in [0.15, 0.2) is 0 Å². The van der Waals surface area contributed by atoms with E-state index in [4.69, 9.17) is 17.3 Å². The van der Waals surface area contributed by atoms with Gasteiger partial charge in [-0.1, -0.05) is 17.7 Å². The first kappa shape index (κ1) is 12.3. The number of hydrogen-bond donors (Lipinski definition) is 1. The summed E-state index contributed by atoms with van der Waals surface area (Å²) in [5.41, 5.74) is 5.78. The lowest BCUT2D eigenvalue weighted by molar-refractivity contribution is 0.128. The number of alkyl halides is 2. The zero-order valence-electron chi connectivity index (χ0n) is 8.11. The van der Waals surface area contributed by atoms with Crippen LogP contribution in [0.5, 0.6) is 0 Å². The molecule has 0 aliphatic heterocycles. The largest absolute Gasteiger partial charge is 0.324 e. The van der Waals surface area contributed by atoms with Crippen LogP contribution in [0.2, 0.25) is 5.02 Å². The first-order valence-electron chi connectivity index (χ1n) is 4.41. The Kier molecular flexibility index (Phi) is 3.99. The van der Waals surface area contributed by atoms with E-state index in [2.05, 4.69) is 0 Å². The molecule has 0 radical (unpaired) electrons. The van der Waals surface area contributed by atoms with Crippen LogP contribution in [0.3, 0.4) is 0 Å². The van der Waals surface area contributed by atoms with Crippen LogP contribution in [0, 0.1) is 12.7 Å². The van der Waals surface area contributed by atoms with E-state index in [1.807, 2.05) is 0 Å². The number of aryl methyl sites for hydroxylation is 1. The van der Waals surface area contributed by atoms with Gasteiger partial charge in [0.25, 0.3) is 0 Å². The van der Waals surface area contributed by atoms with Gasteiger partial charge in [-0.25, -0.2) is 13.2 Å². The van der Waals surface area contributed by atoms with Gasteiger partial charge in [-0.3, -0.25) is 0 Å². The van der Waals surface area contributed by atoms with Gasteiger partial charge < -0.3 is 5.73 Å². The third kappa shape index (κ3) is 2.86. The molecule has 0 fully saturated rings. The third-order valence-electron chi connectivity index (χ3n) is 2.12. The van der Waals surface area contributed by atoms with Crippen molar-refractivity contribution >= 4 is 11.6 Å². The van der Waals surface area contributed by atoms with E-state index in [1.54, 1.807) is 0 Å². The van der Waals surface area contributed by atoms with Gasteiger partial charge in [-0.2, -0.15) is 0 Å². The summed E-state index contributed by atoms with van der Waals surface area (Å²) >= 11 is 5.71. The highest BCUT2D eigenvalue weighted by Crippen LogP contribution is 2.29. The number of halogens is 4. The normalized spacial score (nSPS) is 13.3. The lowest BCUT2D eigenvalue weighted by Crippen LogP contribution is -2.16. The maximum Gasteiger partial charge on any atom is 0.240 e. The summed E-state index contributed by atoms with van der Waals surface area (Å²) < 4.78 is 37.7. The van der Waals surface area contributed by atoms with Gasteiger partial charge in [0, 0.05) is 23.0 Å². The minimum Gasteiger partial charge on any atom is -0.324 e. The van der Waals surface area contributed by atoms with Crippen molar-refractivity contribution in [3.63, 3.8) is 0 Å². The highest BCUT2D eigenvalue weighted by molar-refractivity contribution is 6.31. The first-order chi connectivity index (χ1) is 6.93. The molecule has 1 rings (SSSR count). The Labute approximate surface area is 91.0 Å². The summed E-state index contributed by atoms with van der Waals surface area (Å²) in [6, 6.07) is 1.87. The average molecular weight is 238 g/mol. The van der Waals surface area contributed by atoms with Crippen LogP contribution in [-0.4, -0.2) is 6.43 Å². The summed E-state index contributed by atoms with van der Waals surface area (Å²) in [5.74, 6) is -0.601. The molecule has 0 spiro atoms. The first-order valence-corrected chi connectivity index (χ1v) is 4.79. The van der Waals surface area contributed by atoms with Crippen molar-refractivity contribution in [3.8, 4) is 0 Å². The molecule has 84 valence electrons. The molecule has 1 aromatic carbocycles. The second-order valence-corrected chi connectivity index (χ2v) is 3.73. The molecule has 0 unspecified atom stereocenters. The van der Waals surface area contributed by atoms with Crippen molar-refractivity contribution in [2.24, 2.45) is 5.73 Å². The standard InChI is InChI=1S/C10H11ClF3N/c1-5-2-3-6(11)9(10(5)14)7(15)4-8(12)13/h2-3,7-8H,4,15H2,1H3/t7-/m0/s1. The van der Waals surface area contributed by atoms with Crippen molar-refractivity contribution in [1.29, 1.82) is 0 Å². The number of rotatable bonds is 3. The molecule has 0 heterocycles. The SMILES string of the molecule is Cc1ccc(Cl)c([C@@H](N)CC(F)F)c1F. The lowest BCUT2D eigenvalue weighted by Gasteiger charge is -2.15. The molecular formula is C10H11ClF3N. The summed E-state index contributed by atoms with van der Waals surface area (Å²) in [4.78, 5) is 0. The van der Waals surface area contributed by atoms with Gasteiger partial charge in [-0.05, 0) is 18.6 Å². The minimum absolute atomic E-state index is 0.0306. The summed E-state index contributed by atoms with van der Waals surface area (Å²) in [6.07, 6.45) is -3.17. The molecule has 15 heavy (non-hydrogen) atoms. The van der Waals surface area contributed by atoms with E-state index in [0.717, 1.165) is 0 Å². The lowest BCUT2D eigenvalue weighted by atomic mass is 10.0. The molecule has 0 saturated heterocycles. The van der Waals surface area contributed by atoms with Gasteiger partial charge in [0.05, 0.1) is 0 Å². The van der Waals surface area contributed by atoms with E-state index in [9.17, 15) is 13.2 Å². The van der Waals surface area contributed by atoms with Gasteiger partial charge in [0.2, 0.25) is 6.43 Å². The van der Waals surface area contributed by atoms with E-state index in [0.29, 0.717) is 5.56 Å².